The molecule has 0 spiro atoms. The van der Waals surface area contributed by atoms with Gasteiger partial charge in [-0.3, -0.25) is 0 Å². The Morgan fingerprint density at radius 1 is 1.00 bits per heavy atom. The minimum atomic E-state index is -0.522. The molecule has 0 aliphatic heterocycles. The van der Waals surface area contributed by atoms with Gasteiger partial charge in [-0.1, -0.05) is 27.7 Å². The van der Waals surface area contributed by atoms with Gasteiger partial charge in [-0.15, -0.1) is 5.10 Å². The zero-order valence-corrected chi connectivity index (χ0v) is 21.5. The van der Waals surface area contributed by atoms with Crippen molar-refractivity contribution in [1.82, 2.24) is 34.7 Å². The molecule has 0 atom stereocenters. The van der Waals surface area contributed by atoms with Crippen molar-refractivity contribution in [1.29, 1.82) is 0 Å². The van der Waals surface area contributed by atoms with E-state index in [1.54, 1.807) is 23.4 Å². The summed E-state index contributed by atoms with van der Waals surface area (Å²) in [5.41, 5.74) is 7.00. The van der Waals surface area contributed by atoms with Crippen molar-refractivity contribution in [3.63, 3.8) is 0 Å². The molecule has 10 heteroatoms. The van der Waals surface area contributed by atoms with Gasteiger partial charge in [0.05, 0.1) is 11.4 Å². The van der Waals surface area contributed by atoms with E-state index in [1.807, 2.05) is 26.0 Å². The molecule has 0 aromatic carbocycles. The third-order valence-electron chi connectivity index (χ3n) is 5.63. The van der Waals surface area contributed by atoms with Crippen molar-refractivity contribution in [3.8, 4) is 5.95 Å². The molecule has 0 unspecified atom stereocenters. The predicted octanol–water partition coefficient (Wildman–Crippen LogP) is 4.22. The van der Waals surface area contributed by atoms with E-state index in [9.17, 15) is 0 Å². The van der Waals surface area contributed by atoms with Gasteiger partial charge >= 0.3 is 0 Å². The van der Waals surface area contributed by atoms with E-state index in [4.69, 9.17) is 10.7 Å². The maximum atomic E-state index is 5.95. The molecular weight excluding hydrogens is 440 g/mol. The molecule has 3 heterocycles. The van der Waals surface area contributed by atoms with Crippen molar-refractivity contribution in [2.75, 3.05) is 0 Å². The Labute approximate surface area is 207 Å². The van der Waals surface area contributed by atoms with Crippen LogP contribution in [0.15, 0.2) is 40.8 Å². The predicted molar refractivity (Wildman–Crippen MR) is 138 cm³/mol. The van der Waals surface area contributed by atoms with Crippen LogP contribution in [0.5, 0.6) is 0 Å². The van der Waals surface area contributed by atoms with Gasteiger partial charge in [0, 0.05) is 30.7 Å². The smallest absolute Gasteiger partial charge is 0.252 e. The van der Waals surface area contributed by atoms with Gasteiger partial charge in [0.25, 0.3) is 11.9 Å². The maximum Gasteiger partial charge on any atom is 0.252 e. The molecule has 3 aromatic rings. The number of nitrogens with zero attached hydrogens (tertiary/aromatic N) is 9. The minimum Gasteiger partial charge on any atom is -0.387 e. The molecular formula is C25H36N10. The van der Waals surface area contributed by atoms with Gasteiger partial charge in [0.15, 0.2) is 5.82 Å². The summed E-state index contributed by atoms with van der Waals surface area (Å²) in [4.78, 5) is 30.9. The summed E-state index contributed by atoms with van der Waals surface area (Å²) in [5, 5.41) is 4.55. The van der Waals surface area contributed by atoms with E-state index in [-0.39, 0.29) is 0 Å². The van der Waals surface area contributed by atoms with Crippen molar-refractivity contribution >= 4 is 18.1 Å². The highest BCUT2D eigenvalue weighted by Gasteiger charge is 2.27. The van der Waals surface area contributed by atoms with E-state index >= 15 is 0 Å². The van der Waals surface area contributed by atoms with Crippen LogP contribution in [0.3, 0.4) is 0 Å². The summed E-state index contributed by atoms with van der Waals surface area (Å²) < 4.78 is 1.62. The zero-order chi connectivity index (χ0) is 25.4. The first-order valence-electron chi connectivity index (χ1n) is 12.1. The summed E-state index contributed by atoms with van der Waals surface area (Å²) in [6.07, 6.45) is 10.1. The van der Waals surface area contributed by atoms with Crippen LogP contribution in [0.1, 0.15) is 78.0 Å². The Balaban J connectivity index is 1.77. The fraction of sp³-hybridized carbons (Fsp3) is 0.520. The van der Waals surface area contributed by atoms with Gasteiger partial charge in [-0.25, -0.2) is 29.9 Å². The van der Waals surface area contributed by atoms with Crippen LogP contribution in [0.2, 0.25) is 0 Å². The van der Waals surface area contributed by atoms with E-state index in [0.29, 0.717) is 29.6 Å². The second kappa shape index (κ2) is 11.7. The first-order valence-corrected chi connectivity index (χ1v) is 12.1. The quantitative estimate of drug-likeness (QED) is 0.323. The lowest BCUT2D eigenvalue weighted by Crippen LogP contribution is -2.23. The molecule has 0 bridgehead atoms. The Morgan fingerprint density at radius 2 is 1.69 bits per heavy atom. The summed E-state index contributed by atoms with van der Waals surface area (Å²) in [5.74, 6) is 3.29. The maximum absolute atomic E-state index is 5.95. The average molecular weight is 477 g/mol. The third kappa shape index (κ3) is 7.46. The van der Waals surface area contributed by atoms with Crippen LogP contribution in [0, 0.1) is 11.8 Å². The van der Waals surface area contributed by atoms with Gasteiger partial charge in [0.1, 0.15) is 18.5 Å². The Bertz CT molecular complexity index is 1160. The first-order chi connectivity index (χ1) is 16.6. The summed E-state index contributed by atoms with van der Waals surface area (Å²) in [6.45, 7) is 12.8. The summed E-state index contributed by atoms with van der Waals surface area (Å²) in [7, 11) is 0. The second-order valence-electron chi connectivity index (χ2n) is 9.94. The topological polar surface area (TPSA) is 133 Å². The fourth-order valence-corrected chi connectivity index (χ4v) is 3.28. The molecule has 186 valence electrons. The van der Waals surface area contributed by atoms with Crippen molar-refractivity contribution in [2.24, 2.45) is 27.6 Å². The van der Waals surface area contributed by atoms with Crippen LogP contribution in [0.4, 0.5) is 5.95 Å². The molecule has 3 rings (SSSR count). The fourth-order valence-electron chi connectivity index (χ4n) is 3.28. The standard InChI is InChI=1S/C25H36N10/c1-17(2)7-9-21(26)29-15-30-23-27-13-11-19(32-23)25(5,6)20-12-14-28-24(33-20)35-16-31-22(34-35)10-8-18(3)4/h11-18H,7-10H2,1-6H3,(H2,26,27,29,30,32). The molecule has 0 aliphatic carbocycles. The molecule has 0 saturated carbocycles. The highest BCUT2D eigenvalue weighted by atomic mass is 15.4. The molecule has 35 heavy (non-hydrogen) atoms. The van der Waals surface area contributed by atoms with Gasteiger partial charge in [-0.2, -0.15) is 9.67 Å². The van der Waals surface area contributed by atoms with Crippen molar-refractivity contribution in [2.45, 2.75) is 72.6 Å². The average Bonchev–Trinajstić information content (AvgIpc) is 3.31. The third-order valence-corrected chi connectivity index (χ3v) is 5.63. The molecule has 2 N–H and O–H groups in total. The number of rotatable bonds is 11. The zero-order valence-electron chi connectivity index (χ0n) is 21.5. The Morgan fingerprint density at radius 3 is 2.40 bits per heavy atom. The largest absolute Gasteiger partial charge is 0.387 e. The second-order valence-corrected chi connectivity index (χ2v) is 9.94. The number of hydrogen-bond donors (Lipinski definition) is 1. The molecule has 0 saturated heterocycles. The molecule has 0 radical (unpaired) electrons. The summed E-state index contributed by atoms with van der Waals surface area (Å²) >= 11 is 0. The molecule has 3 aromatic heterocycles. The van der Waals surface area contributed by atoms with Crippen molar-refractivity contribution in [3.05, 3.63) is 48.1 Å². The number of amidine groups is 1. The van der Waals surface area contributed by atoms with Crippen LogP contribution in [0.25, 0.3) is 5.95 Å². The van der Waals surface area contributed by atoms with Crippen molar-refractivity contribution < 1.29 is 0 Å². The number of aliphatic imine (C=N–C) groups is 2. The van der Waals surface area contributed by atoms with E-state index in [1.165, 1.54) is 6.34 Å². The lowest BCUT2D eigenvalue weighted by Gasteiger charge is -2.23. The van der Waals surface area contributed by atoms with Crippen LogP contribution >= 0.6 is 0 Å². The van der Waals surface area contributed by atoms with Crippen LogP contribution in [-0.4, -0.2) is 46.9 Å². The monoisotopic (exact) mass is 476 g/mol. The minimum absolute atomic E-state index is 0.316. The number of aromatic nitrogens is 7. The molecule has 0 fully saturated rings. The number of hydrogen-bond acceptors (Lipinski definition) is 7. The first kappa shape index (κ1) is 26.1. The highest BCUT2D eigenvalue weighted by molar-refractivity contribution is 5.87. The number of aryl methyl sites for hydroxylation is 1. The highest BCUT2D eigenvalue weighted by Crippen LogP contribution is 2.29. The normalized spacial score (nSPS) is 12.9. The molecule has 0 aliphatic rings. The summed E-state index contributed by atoms with van der Waals surface area (Å²) in [6, 6.07) is 3.74. The van der Waals surface area contributed by atoms with Crippen LogP contribution in [-0.2, 0) is 11.8 Å². The van der Waals surface area contributed by atoms with Gasteiger partial charge < -0.3 is 5.73 Å². The Kier molecular flexibility index (Phi) is 8.73. The molecule has 0 amide bonds. The Hall–Kier alpha value is -3.56. The van der Waals surface area contributed by atoms with Gasteiger partial charge in [0.2, 0.25) is 0 Å². The lowest BCUT2D eigenvalue weighted by molar-refractivity contribution is 0.571. The lowest BCUT2D eigenvalue weighted by atomic mass is 9.85. The molecule has 10 nitrogen and oxygen atoms in total. The van der Waals surface area contributed by atoms with Crippen LogP contribution < -0.4 is 5.73 Å². The van der Waals surface area contributed by atoms with E-state index in [0.717, 1.165) is 42.9 Å². The number of nitrogens with two attached hydrogens (primary N) is 1. The van der Waals surface area contributed by atoms with E-state index < -0.39 is 5.41 Å². The SMILES string of the molecule is CC(C)CCC(N)=NC=Nc1nccc(C(C)(C)c2ccnc(-n3cnc(CCC(C)C)n3)n2)n1. The van der Waals surface area contributed by atoms with E-state index in [2.05, 4.69) is 62.7 Å². The van der Waals surface area contributed by atoms with Gasteiger partial charge in [-0.05, 0) is 50.7 Å².